The van der Waals surface area contributed by atoms with Crippen molar-refractivity contribution >= 4 is 11.8 Å². The van der Waals surface area contributed by atoms with Crippen LogP contribution >= 0.6 is 0 Å². The summed E-state index contributed by atoms with van der Waals surface area (Å²) in [4.78, 5) is 27.7. The highest BCUT2D eigenvalue weighted by molar-refractivity contribution is 5.81. The van der Waals surface area contributed by atoms with E-state index in [1.54, 1.807) is 4.90 Å². The molecular weight excluding hydrogens is 304 g/mol. The van der Waals surface area contributed by atoms with Crippen LogP contribution in [0, 0.1) is 0 Å². The minimum absolute atomic E-state index is 0.0406. The molecule has 1 unspecified atom stereocenters. The summed E-state index contributed by atoms with van der Waals surface area (Å²) in [6, 6.07) is 10.3. The van der Waals surface area contributed by atoms with Crippen molar-refractivity contribution in [2.24, 2.45) is 0 Å². The molecule has 0 bridgehead atoms. The predicted octanol–water partition coefficient (Wildman–Crippen LogP) is 1.80. The first-order valence-electron chi connectivity index (χ1n) is 8.61. The van der Waals surface area contributed by atoms with E-state index in [9.17, 15) is 14.7 Å². The standard InChI is InChI=1S/C19H28N2O3/c1-15(22)18(24)21-13-11-20(12-14-21)17(23)9-10-19(2,3)16-7-5-4-6-8-16/h4-8,15,22H,9-14H2,1-3H3. The van der Waals surface area contributed by atoms with E-state index in [2.05, 4.69) is 26.0 Å². The van der Waals surface area contributed by atoms with Crippen LogP contribution in [0.25, 0.3) is 0 Å². The van der Waals surface area contributed by atoms with Crippen molar-refractivity contribution in [3.05, 3.63) is 35.9 Å². The number of piperazine rings is 1. The molecule has 1 fully saturated rings. The summed E-state index contributed by atoms with van der Waals surface area (Å²) in [5.41, 5.74) is 1.20. The molecule has 0 aromatic heterocycles. The van der Waals surface area contributed by atoms with Gasteiger partial charge < -0.3 is 14.9 Å². The smallest absolute Gasteiger partial charge is 0.251 e. The summed E-state index contributed by atoms with van der Waals surface area (Å²) in [6.07, 6.45) is 0.327. The molecule has 0 saturated carbocycles. The van der Waals surface area contributed by atoms with Gasteiger partial charge in [-0.1, -0.05) is 44.2 Å². The van der Waals surface area contributed by atoms with Crippen LogP contribution in [0.4, 0.5) is 0 Å². The van der Waals surface area contributed by atoms with Crippen molar-refractivity contribution in [1.82, 2.24) is 9.80 Å². The van der Waals surface area contributed by atoms with E-state index in [0.29, 0.717) is 32.6 Å². The van der Waals surface area contributed by atoms with Crippen LogP contribution in [-0.4, -0.2) is 59.0 Å². The van der Waals surface area contributed by atoms with Gasteiger partial charge in [-0.2, -0.15) is 0 Å². The zero-order chi connectivity index (χ0) is 17.7. The molecule has 2 amide bonds. The highest BCUT2D eigenvalue weighted by Gasteiger charge is 2.27. The lowest BCUT2D eigenvalue weighted by molar-refractivity contribution is -0.144. The van der Waals surface area contributed by atoms with E-state index in [1.165, 1.54) is 12.5 Å². The Bertz CT molecular complexity index is 561. The van der Waals surface area contributed by atoms with E-state index in [0.717, 1.165) is 6.42 Å². The first kappa shape index (κ1) is 18.5. The van der Waals surface area contributed by atoms with E-state index in [4.69, 9.17) is 0 Å². The van der Waals surface area contributed by atoms with Gasteiger partial charge in [0, 0.05) is 32.6 Å². The van der Waals surface area contributed by atoms with Crippen LogP contribution in [0.2, 0.25) is 0 Å². The third kappa shape index (κ3) is 4.57. The van der Waals surface area contributed by atoms with Crippen LogP contribution in [0.5, 0.6) is 0 Å². The molecule has 1 N–H and O–H groups in total. The molecule has 1 atom stereocenters. The largest absolute Gasteiger partial charge is 0.384 e. The normalized spacial score (nSPS) is 16.8. The first-order valence-corrected chi connectivity index (χ1v) is 8.61. The maximum absolute atomic E-state index is 12.5. The Morgan fingerprint density at radius 1 is 1.08 bits per heavy atom. The molecule has 1 aliphatic rings. The van der Waals surface area contributed by atoms with Crippen LogP contribution in [0.15, 0.2) is 30.3 Å². The molecule has 5 heteroatoms. The molecule has 1 heterocycles. The van der Waals surface area contributed by atoms with Gasteiger partial charge in [0.25, 0.3) is 5.91 Å². The second-order valence-electron chi connectivity index (χ2n) is 7.13. The molecule has 132 valence electrons. The minimum Gasteiger partial charge on any atom is -0.384 e. The van der Waals surface area contributed by atoms with E-state index in [1.807, 2.05) is 23.1 Å². The van der Waals surface area contributed by atoms with Gasteiger partial charge in [0.05, 0.1) is 0 Å². The molecule has 1 saturated heterocycles. The van der Waals surface area contributed by atoms with Crippen molar-refractivity contribution < 1.29 is 14.7 Å². The fourth-order valence-electron chi connectivity index (χ4n) is 3.05. The summed E-state index contributed by atoms with van der Waals surface area (Å²) in [7, 11) is 0. The number of amides is 2. The summed E-state index contributed by atoms with van der Waals surface area (Å²) < 4.78 is 0. The van der Waals surface area contributed by atoms with E-state index >= 15 is 0 Å². The van der Waals surface area contributed by atoms with Gasteiger partial charge in [0.1, 0.15) is 6.10 Å². The zero-order valence-corrected chi connectivity index (χ0v) is 14.9. The van der Waals surface area contributed by atoms with Crippen molar-refractivity contribution in [1.29, 1.82) is 0 Å². The molecule has 2 rings (SSSR count). The number of hydrogen-bond acceptors (Lipinski definition) is 3. The highest BCUT2D eigenvalue weighted by Crippen LogP contribution is 2.28. The second kappa shape index (κ2) is 7.79. The number of carbonyl (C=O) groups is 2. The number of rotatable bonds is 5. The number of hydrogen-bond donors (Lipinski definition) is 1. The Labute approximate surface area is 144 Å². The zero-order valence-electron chi connectivity index (χ0n) is 14.9. The quantitative estimate of drug-likeness (QED) is 0.894. The van der Waals surface area contributed by atoms with E-state index in [-0.39, 0.29) is 17.2 Å². The van der Waals surface area contributed by atoms with Gasteiger partial charge in [-0.05, 0) is 24.3 Å². The number of aliphatic hydroxyl groups is 1. The lowest BCUT2D eigenvalue weighted by Crippen LogP contribution is -2.52. The molecular formula is C19H28N2O3. The molecule has 24 heavy (non-hydrogen) atoms. The summed E-state index contributed by atoms with van der Waals surface area (Å²) in [5, 5.41) is 9.36. The van der Waals surface area contributed by atoms with Crippen LogP contribution in [0.1, 0.15) is 39.2 Å². The average Bonchev–Trinajstić information content (AvgIpc) is 2.60. The lowest BCUT2D eigenvalue weighted by atomic mass is 9.80. The molecule has 0 spiro atoms. The molecule has 1 aliphatic heterocycles. The molecule has 0 radical (unpaired) electrons. The van der Waals surface area contributed by atoms with Gasteiger partial charge >= 0.3 is 0 Å². The fourth-order valence-corrected chi connectivity index (χ4v) is 3.05. The Kier molecular flexibility index (Phi) is 5.99. The van der Waals surface area contributed by atoms with Gasteiger partial charge in [-0.3, -0.25) is 9.59 Å². The van der Waals surface area contributed by atoms with Gasteiger partial charge in [-0.25, -0.2) is 0 Å². The van der Waals surface area contributed by atoms with Gasteiger partial charge in [-0.15, -0.1) is 0 Å². The van der Waals surface area contributed by atoms with Crippen molar-refractivity contribution in [3.63, 3.8) is 0 Å². The van der Waals surface area contributed by atoms with Crippen molar-refractivity contribution in [2.45, 2.75) is 45.1 Å². The van der Waals surface area contributed by atoms with Gasteiger partial charge in [0.2, 0.25) is 5.91 Å². The number of benzene rings is 1. The Balaban J connectivity index is 1.83. The summed E-state index contributed by atoms with van der Waals surface area (Å²) in [6.45, 7) is 7.89. The number of carbonyl (C=O) groups excluding carboxylic acids is 2. The topological polar surface area (TPSA) is 60.9 Å². The fraction of sp³-hybridized carbons (Fsp3) is 0.579. The molecule has 0 aliphatic carbocycles. The molecule has 5 nitrogen and oxygen atoms in total. The van der Waals surface area contributed by atoms with Crippen LogP contribution in [0.3, 0.4) is 0 Å². The second-order valence-corrected chi connectivity index (χ2v) is 7.13. The van der Waals surface area contributed by atoms with Crippen LogP contribution in [-0.2, 0) is 15.0 Å². The average molecular weight is 332 g/mol. The minimum atomic E-state index is -0.973. The summed E-state index contributed by atoms with van der Waals surface area (Å²) >= 11 is 0. The van der Waals surface area contributed by atoms with E-state index < -0.39 is 6.10 Å². The predicted molar refractivity (Wildman–Crippen MR) is 93.5 cm³/mol. The third-order valence-electron chi connectivity index (χ3n) is 4.82. The van der Waals surface area contributed by atoms with Gasteiger partial charge in [0.15, 0.2) is 0 Å². The molecule has 1 aromatic rings. The monoisotopic (exact) mass is 332 g/mol. The SMILES string of the molecule is CC(O)C(=O)N1CCN(C(=O)CCC(C)(C)c2ccccc2)CC1. The lowest BCUT2D eigenvalue weighted by Gasteiger charge is -2.36. The Morgan fingerprint density at radius 3 is 2.17 bits per heavy atom. The number of aliphatic hydroxyl groups excluding tert-OH is 1. The number of nitrogens with zero attached hydrogens (tertiary/aromatic N) is 2. The Hall–Kier alpha value is -1.88. The highest BCUT2D eigenvalue weighted by atomic mass is 16.3. The molecule has 1 aromatic carbocycles. The maximum Gasteiger partial charge on any atom is 0.251 e. The Morgan fingerprint density at radius 2 is 1.62 bits per heavy atom. The van der Waals surface area contributed by atoms with Crippen molar-refractivity contribution in [2.75, 3.05) is 26.2 Å². The van der Waals surface area contributed by atoms with Crippen LogP contribution < -0.4 is 0 Å². The maximum atomic E-state index is 12.5. The first-order chi connectivity index (χ1) is 11.3. The van der Waals surface area contributed by atoms with Crippen molar-refractivity contribution in [3.8, 4) is 0 Å². The summed E-state index contributed by atoms with van der Waals surface area (Å²) in [5.74, 6) is -0.115. The third-order valence-corrected chi connectivity index (χ3v) is 4.82.